The van der Waals surface area contributed by atoms with Crippen molar-refractivity contribution in [2.24, 2.45) is 0 Å². The predicted octanol–water partition coefficient (Wildman–Crippen LogP) is 3.79. The average Bonchev–Trinajstić information content (AvgIpc) is 2.63. The first-order chi connectivity index (χ1) is 12.8. The summed E-state index contributed by atoms with van der Waals surface area (Å²) in [5.74, 6) is -0.0117. The number of sulfonamides is 1. The van der Waals surface area contributed by atoms with Crippen molar-refractivity contribution >= 4 is 27.4 Å². The molecule has 0 unspecified atom stereocenters. The fourth-order valence-electron chi connectivity index (χ4n) is 3.27. The highest BCUT2D eigenvalue weighted by Gasteiger charge is 2.26. The zero-order valence-electron chi connectivity index (χ0n) is 15.0. The topological polar surface area (TPSA) is 83.5 Å². The molecule has 0 spiro atoms. The summed E-state index contributed by atoms with van der Waals surface area (Å²) in [7, 11) is -3.73. The quantitative estimate of drug-likeness (QED) is 0.738. The van der Waals surface area contributed by atoms with Crippen LogP contribution in [-0.4, -0.2) is 31.5 Å². The van der Waals surface area contributed by atoms with Crippen LogP contribution in [-0.2, 0) is 10.0 Å². The summed E-state index contributed by atoms with van der Waals surface area (Å²) in [4.78, 5) is 11.4. The van der Waals surface area contributed by atoms with Crippen LogP contribution >= 0.6 is 11.6 Å². The minimum Gasteiger partial charge on any atom is -0.393 e. The Balaban J connectivity index is 1.80. The van der Waals surface area contributed by atoms with E-state index >= 15 is 0 Å². The lowest BCUT2D eigenvalue weighted by molar-refractivity contribution is 0.101. The maximum absolute atomic E-state index is 12.7. The number of aliphatic hydroxyl groups excluding tert-OH is 1. The van der Waals surface area contributed by atoms with Gasteiger partial charge in [-0.15, -0.1) is 0 Å². The van der Waals surface area contributed by atoms with Gasteiger partial charge in [-0.1, -0.05) is 41.9 Å². The van der Waals surface area contributed by atoms with Gasteiger partial charge in [-0.05, 0) is 55.9 Å². The van der Waals surface area contributed by atoms with E-state index in [2.05, 4.69) is 4.72 Å². The number of halogens is 1. The van der Waals surface area contributed by atoms with E-state index in [4.69, 9.17) is 11.6 Å². The van der Waals surface area contributed by atoms with E-state index in [1.165, 1.54) is 13.0 Å². The fourth-order valence-corrected chi connectivity index (χ4v) is 5.12. The first-order valence-corrected chi connectivity index (χ1v) is 10.7. The molecule has 1 fully saturated rings. The standard InChI is InChI=1S/C20H22ClNO4S/c1-13(23)14-2-4-15(5-3-14)16-6-11-20(19(21)12-16)27(25,26)22-17-7-9-18(24)10-8-17/h2-6,11-12,17-18,22,24H,7-10H2,1H3. The molecule has 0 aliphatic heterocycles. The van der Waals surface area contributed by atoms with Crippen LogP contribution in [0.1, 0.15) is 43.0 Å². The smallest absolute Gasteiger partial charge is 0.242 e. The first-order valence-electron chi connectivity index (χ1n) is 8.87. The maximum Gasteiger partial charge on any atom is 0.242 e. The number of benzene rings is 2. The van der Waals surface area contributed by atoms with E-state index in [0.717, 1.165) is 11.1 Å². The Morgan fingerprint density at radius 3 is 2.19 bits per heavy atom. The van der Waals surface area contributed by atoms with Gasteiger partial charge in [-0.25, -0.2) is 13.1 Å². The largest absolute Gasteiger partial charge is 0.393 e. The van der Waals surface area contributed by atoms with Gasteiger partial charge in [0.1, 0.15) is 4.90 Å². The van der Waals surface area contributed by atoms with Crippen molar-refractivity contribution in [2.45, 2.75) is 49.6 Å². The molecule has 0 aromatic heterocycles. The van der Waals surface area contributed by atoms with Crippen molar-refractivity contribution in [1.82, 2.24) is 4.72 Å². The van der Waals surface area contributed by atoms with Gasteiger partial charge in [0.15, 0.2) is 5.78 Å². The molecule has 0 bridgehead atoms. The lowest BCUT2D eigenvalue weighted by atomic mass is 9.94. The van der Waals surface area contributed by atoms with Crippen LogP contribution in [0.4, 0.5) is 0 Å². The Morgan fingerprint density at radius 2 is 1.63 bits per heavy atom. The molecule has 2 N–H and O–H groups in total. The Morgan fingerprint density at radius 1 is 1.04 bits per heavy atom. The molecule has 0 heterocycles. The highest BCUT2D eigenvalue weighted by Crippen LogP contribution is 2.29. The number of aliphatic hydroxyl groups is 1. The van der Waals surface area contributed by atoms with Crippen LogP contribution in [0.25, 0.3) is 11.1 Å². The van der Waals surface area contributed by atoms with Crippen LogP contribution in [0.2, 0.25) is 5.02 Å². The normalized spacial score (nSPS) is 20.4. The average molecular weight is 408 g/mol. The van der Waals surface area contributed by atoms with Crippen LogP contribution in [0.15, 0.2) is 47.4 Å². The first kappa shape index (κ1) is 20.0. The molecule has 144 valence electrons. The van der Waals surface area contributed by atoms with Crippen molar-refractivity contribution in [3.8, 4) is 11.1 Å². The summed E-state index contributed by atoms with van der Waals surface area (Å²) < 4.78 is 28.0. The minimum absolute atomic E-state index is 0.0117. The molecule has 0 amide bonds. The number of carbonyl (C=O) groups excluding carboxylic acids is 1. The number of Topliss-reactive ketones (excluding diaryl/α,β-unsaturated/α-hetero) is 1. The number of hydrogen-bond acceptors (Lipinski definition) is 4. The zero-order valence-corrected chi connectivity index (χ0v) is 16.6. The highest BCUT2D eigenvalue weighted by atomic mass is 35.5. The number of rotatable bonds is 5. The SMILES string of the molecule is CC(=O)c1ccc(-c2ccc(S(=O)(=O)NC3CCC(O)CC3)c(Cl)c2)cc1. The minimum atomic E-state index is -3.73. The van der Waals surface area contributed by atoms with Crippen molar-refractivity contribution in [3.05, 3.63) is 53.1 Å². The molecular formula is C20H22ClNO4S. The Bertz CT molecular complexity index is 933. The third-order valence-electron chi connectivity index (χ3n) is 4.86. The van der Waals surface area contributed by atoms with Gasteiger partial charge >= 0.3 is 0 Å². The Labute approximate surface area is 164 Å². The van der Waals surface area contributed by atoms with Gasteiger partial charge in [-0.3, -0.25) is 4.79 Å². The van der Waals surface area contributed by atoms with Crippen LogP contribution in [0, 0.1) is 0 Å². The molecule has 1 saturated carbocycles. The second kappa shape index (κ2) is 8.10. The molecule has 2 aromatic rings. The summed E-state index contributed by atoms with van der Waals surface area (Å²) in [5, 5.41) is 9.70. The van der Waals surface area contributed by atoms with E-state index in [-0.39, 0.29) is 27.8 Å². The lowest BCUT2D eigenvalue weighted by Gasteiger charge is -2.26. The lowest BCUT2D eigenvalue weighted by Crippen LogP contribution is -2.38. The van der Waals surface area contributed by atoms with Crippen LogP contribution < -0.4 is 4.72 Å². The second-order valence-corrected chi connectivity index (χ2v) is 9.00. The van der Waals surface area contributed by atoms with Crippen molar-refractivity contribution < 1.29 is 18.3 Å². The summed E-state index contributed by atoms with van der Waals surface area (Å²) in [6.07, 6.45) is 2.06. The molecule has 1 aliphatic carbocycles. The maximum atomic E-state index is 12.7. The third kappa shape index (κ3) is 4.76. The van der Waals surface area contributed by atoms with Gasteiger partial charge in [0.2, 0.25) is 10.0 Å². The molecule has 7 heteroatoms. The Kier molecular flexibility index (Phi) is 6.01. The molecule has 0 atom stereocenters. The molecule has 1 aliphatic rings. The Hall–Kier alpha value is -1.73. The summed E-state index contributed by atoms with van der Waals surface area (Å²) >= 11 is 6.27. The van der Waals surface area contributed by atoms with Gasteiger partial charge in [0.25, 0.3) is 0 Å². The van der Waals surface area contributed by atoms with Crippen LogP contribution in [0.5, 0.6) is 0 Å². The summed E-state index contributed by atoms with van der Waals surface area (Å²) in [6.45, 7) is 1.51. The van der Waals surface area contributed by atoms with Gasteiger partial charge in [0, 0.05) is 11.6 Å². The molecule has 0 radical (unpaired) electrons. The monoisotopic (exact) mass is 407 g/mol. The van der Waals surface area contributed by atoms with E-state index in [1.807, 2.05) is 12.1 Å². The number of ketones is 1. The van der Waals surface area contributed by atoms with Crippen molar-refractivity contribution in [3.63, 3.8) is 0 Å². The number of hydrogen-bond donors (Lipinski definition) is 2. The molecular weight excluding hydrogens is 386 g/mol. The predicted molar refractivity (Wildman–Crippen MR) is 105 cm³/mol. The molecule has 27 heavy (non-hydrogen) atoms. The second-order valence-electron chi connectivity index (χ2n) is 6.91. The van der Waals surface area contributed by atoms with Crippen LogP contribution in [0.3, 0.4) is 0 Å². The highest BCUT2D eigenvalue weighted by molar-refractivity contribution is 7.89. The summed E-state index contributed by atoms with van der Waals surface area (Å²) in [6, 6.07) is 11.7. The third-order valence-corrected chi connectivity index (χ3v) is 6.87. The molecule has 5 nitrogen and oxygen atoms in total. The van der Waals surface area contributed by atoms with E-state index in [9.17, 15) is 18.3 Å². The molecule has 2 aromatic carbocycles. The van der Waals surface area contributed by atoms with Crippen molar-refractivity contribution in [2.75, 3.05) is 0 Å². The number of carbonyl (C=O) groups is 1. The molecule has 0 saturated heterocycles. The van der Waals surface area contributed by atoms with E-state index in [1.54, 1.807) is 24.3 Å². The van der Waals surface area contributed by atoms with E-state index < -0.39 is 10.0 Å². The van der Waals surface area contributed by atoms with Gasteiger partial charge in [-0.2, -0.15) is 0 Å². The summed E-state index contributed by atoms with van der Waals surface area (Å²) in [5.41, 5.74) is 2.24. The molecule has 3 rings (SSSR count). The number of nitrogens with one attached hydrogen (secondary N) is 1. The van der Waals surface area contributed by atoms with Gasteiger partial charge in [0.05, 0.1) is 11.1 Å². The van der Waals surface area contributed by atoms with Crippen molar-refractivity contribution in [1.29, 1.82) is 0 Å². The van der Waals surface area contributed by atoms with E-state index in [0.29, 0.717) is 31.2 Å². The fraction of sp³-hybridized carbons (Fsp3) is 0.350. The van der Waals surface area contributed by atoms with Gasteiger partial charge < -0.3 is 5.11 Å². The zero-order chi connectivity index (χ0) is 19.6.